The van der Waals surface area contributed by atoms with Gasteiger partial charge in [-0.2, -0.15) is 0 Å². The van der Waals surface area contributed by atoms with E-state index < -0.39 is 0 Å². The predicted molar refractivity (Wildman–Crippen MR) is 56.6 cm³/mol. The molecule has 0 saturated heterocycles. The highest BCUT2D eigenvalue weighted by Gasteiger charge is 2.16. The van der Waals surface area contributed by atoms with E-state index in [0.717, 1.165) is 32.4 Å². The van der Waals surface area contributed by atoms with Gasteiger partial charge in [-0.15, -0.1) is 0 Å². The van der Waals surface area contributed by atoms with E-state index in [1.165, 1.54) is 0 Å². The second kappa shape index (κ2) is 6.93. The number of hydrogen-bond acceptors (Lipinski definition) is 1. The Morgan fingerprint density at radius 1 is 1.15 bits per heavy atom. The molecule has 1 atom stereocenters. The zero-order valence-corrected chi connectivity index (χ0v) is 9.47. The van der Waals surface area contributed by atoms with Crippen molar-refractivity contribution in [3.63, 3.8) is 0 Å². The van der Waals surface area contributed by atoms with Crippen molar-refractivity contribution < 1.29 is 4.79 Å². The molecule has 2 heteroatoms. The number of amides is 1. The fourth-order valence-electron chi connectivity index (χ4n) is 1.36. The highest BCUT2D eigenvalue weighted by molar-refractivity contribution is 5.78. The summed E-state index contributed by atoms with van der Waals surface area (Å²) in [5.41, 5.74) is 0. The van der Waals surface area contributed by atoms with Crippen LogP contribution in [0.3, 0.4) is 0 Å². The van der Waals surface area contributed by atoms with Crippen molar-refractivity contribution in [3.8, 4) is 0 Å². The molecule has 0 saturated carbocycles. The molecule has 0 aromatic heterocycles. The van der Waals surface area contributed by atoms with Gasteiger partial charge < -0.3 is 4.90 Å². The van der Waals surface area contributed by atoms with E-state index in [2.05, 4.69) is 20.8 Å². The molecule has 2 nitrogen and oxygen atoms in total. The molecule has 0 rings (SSSR count). The van der Waals surface area contributed by atoms with Gasteiger partial charge in [0.2, 0.25) is 5.91 Å². The van der Waals surface area contributed by atoms with Gasteiger partial charge in [0.1, 0.15) is 0 Å². The summed E-state index contributed by atoms with van der Waals surface area (Å²) in [5, 5.41) is 0. The van der Waals surface area contributed by atoms with Crippen LogP contribution in [0.1, 0.15) is 47.0 Å². The molecule has 78 valence electrons. The molecule has 0 fully saturated rings. The molecule has 1 unspecified atom stereocenters. The summed E-state index contributed by atoms with van der Waals surface area (Å²) in [5.74, 6) is 0.518. The summed E-state index contributed by atoms with van der Waals surface area (Å²) in [6.45, 7) is 10.1. The third-order valence-corrected chi connectivity index (χ3v) is 2.33. The van der Waals surface area contributed by atoms with Crippen LogP contribution in [-0.2, 0) is 4.79 Å². The van der Waals surface area contributed by atoms with Crippen molar-refractivity contribution >= 4 is 5.91 Å². The molecule has 13 heavy (non-hydrogen) atoms. The van der Waals surface area contributed by atoms with Gasteiger partial charge in [-0.25, -0.2) is 0 Å². The van der Waals surface area contributed by atoms with Crippen LogP contribution in [0.4, 0.5) is 0 Å². The van der Waals surface area contributed by atoms with Crippen molar-refractivity contribution in [2.75, 3.05) is 13.1 Å². The summed E-state index contributed by atoms with van der Waals surface area (Å²) in [6.07, 6.45) is 3.06. The summed E-state index contributed by atoms with van der Waals surface area (Å²) in [4.78, 5) is 13.8. The zero-order valence-electron chi connectivity index (χ0n) is 9.47. The Labute approximate surface area is 82.3 Å². The number of hydrogen-bond donors (Lipinski definition) is 0. The number of nitrogens with zero attached hydrogens (tertiary/aromatic N) is 1. The molecule has 0 N–H and O–H groups in total. The SMILES string of the molecule is CCCN(CCC)C(=O)C(C)CC. The lowest BCUT2D eigenvalue weighted by Gasteiger charge is -2.24. The van der Waals surface area contributed by atoms with Crippen molar-refractivity contribution in [2.24, 2.45) is 5.92 Å². The van der Waals surface area contributed by atoms with Crippen LogP contribution >= 0.6 is 0 Å². The number of rotatable bonds is 6. The molecular formula is C11H23NO. The Hall–Kier alpha value is -0.530. The normalized spacial score (nSPS) is 12.6. The van der Waals surface area contributed by atoms with Gasteiger partial charge in [0.25, 0.3) is 0 Å². The van der Waals surface area contributed by atoms with Crippen LogP contribution in [0.5, 0.6) is 0 Å². The van der Waals surface area contributed by atoms with Crippen LogP contribution < -0.4 is 0 Å². The van der Waals surface area contributed by atoms with Crippen molar-refractivity contribution in [1.82, 2.24) is 4.90 Å². The maximum absolute atomic E-state index is 11.8. The lowest BCUT2D eigenvalue weighted by atomic mass is 10.1. The van der Waals surface area contributed by atoms with E-state index in [4.69, 9.17) is 0 Å². The minimum Gasteiger partial charge on any atom is -0.342 e. The van der Waals surface area contributed by atoms with E-state index in [-0.39, 0.29) is 5.92 Å². The Balaban J connectivity index is 4.09. The first-order chi connectivity index (χ1) is 6.17. The average Bonchev–Trinajstić information content (AvgIpc) is 2.15. The Morgan fingerprint density at radius 2 is 1.62 bits per heavy atom. The van der Waals surface area contributed by atoms with Crippen molar-refractivity contribution in [1.29, 1.82) is 0 Å². The first-order valence-electron chi connectivity index (χ1n) is 5.46. The first kappa shape index (κ1) is 12.5. The quantitative estimate of drug-likeness (QED) is 0.623. The van der Waals surface area contributed by atoms with E-state index in [1.54, 1.807) is 0 Å². The molecule has 0 aliphatic carbocycles. The van der Waals surface area contributed by atoms with Crippen molar-refractivity contribution in [3.05, 3.63) is 0 Å². The summed E-state index contributed by atoms with van der Waals surface area (Å²) >= 11 is 0. The lowest BCUT2D eigenvalue weighted by Crippen LogP contribution is -2.36. The summed E-state index contributed by atoms with van der Waals surface area (Å²) in [7, 11) is 0. The zero-order chi connectivity index (χ0) is 10.3. The predicted octanol–water partition coefficient (Wildman–Crippen LogP) is 2.68. The molecular weight excluding hydrogens is 162 g/mol. The van der Waals surface area contributed by atoms with Gasteiger partial charge in [0, 0.05) is 19.0 Å². The molecule has 1 amide bonds. The van der Waals surface area contributed by atoms with Gasteiger partial charge in [-0.3, -0.25) is 4.79 Å². The molecule has 0 bridgehead atoms. The summed E-state index contributed by atoms with van der Waals surface area (Å²) in [6, 6.07) is 0. The minimum absolute atomic E-state index is 0.193. The van der Waals surface area contributed by atoms with Crippen molar-refractivity contribution in [2.45, 2.75) is 47.0 Å². The van der Waals surface area contributed by atoms with Crippen LogP contribution in [0.2, 0.25) is 0 Å². The first-order valence-corrected chi connectivity index (χ1v) is 5.46. The van der Waals surface area contributed by atoms with E-state index >= 15 is 0 Å². The highest BCUT2D eigenvalue weighted by Crippen LogP contribution is 2.07. The fraction of sp³-hybridized carbons (Fsp3) is 0.909. The maximum atomic E-state index is 11.8. The molecule has 0 spiro atoms. The third kappa shape index (κ3) is 4.30. The minimum atomic E-state index is 0.193. The van der Waals surface area contributed by atoms with Crippen LogP contribution in [0.15, 0.2) is 0 Å². The van der Waals surface area contributed by atoms with Gasteiger partial charge in [-0.05, 0) is 19.3 Å². The second-order valence-corrected chi connectivity index (χ2v) is 3.63. The van der Waals surface area contributed by atoms with Crippen LogP contribution in [-0.4, -0.2) is 23.9 Å². The smallest absolute Gasteiger partial charge is 0.225 e. The Kier molecular flexibility index (Phi) is 6.65. The van der Waals surface area contributed by atoms with E-state index in [9.17, 15) is 4.79 Å². The molecule has 0 radical (unpaired) electrons. The average molecular weight is 185 g/mol. The number of carbonyl (C=O) groups excluding carboxylic acids is 1. The van der Waals surface area contributed by atoms with E-state index in [0.29, 0.717) is 5.91 Å². The fourth-order valence-corrected chi connectivity index (χ4v) is 1.36. The third-order valence-electron chi connectivity index (χ3n) is 2.33. The maximum Gasteiger partial charge on any atom is 0.225 e. The largest absolute Gasteiger partial charge is 0.342 e. The molecule has 0 aliphatic rings. The molecule has 0 aromatic carbocycles. The molecule has 0 aliphatic heterocycles. The molecule has 0 aromatic rings. The molecule has 0 heterocycles. The summed E-state index contributed by atoms with van der Waals surface area (Å²) < 4.78 is 0. The Morgan fingerprint density at radius 3 is 1.92 bits per heavy atom. The Bertz CT molecular complexity index is 139. The monoisotopic (exact) mass is 185 g/mol. The van der Waals surface area contributed by atoms with Gasteiger partial charge >= 0.3 is 0 Å². The standard InChI is InChI=1S/C11H23NO/c1-5-8-12(9-6-2)11(13)10(4)7-3/h10H,5-9H2,1-4H3. The van der Waals surface area contributed by atoms with Gasteiger partial charge in [0.05, 0.1) is 0 Å². The van der Waals surface area contributed by atoms with Gasteiger partial charge in [0.15, 0.2) is 0 Å². The van der Waals surface area contributed by atoms with Gasteiger partial charge in [-0.1, -0.05) is 27.7 Å². The number of carbonyl (C=O) groups is 1. The topological polar surface area (TPSA) is 20.3 Å². The lowest BCUT2D eigenvalue weighted by molar-refractivity contribution is -0.135. The van der Waals surface area contributed by atoms with Crippen LogP contribution in [0.25, 0.3) is 0 Å². The highest BCUT2D eigenvalue weighted by atomic mass is 16.2. The second-order valence-electron chi connectivity index (χ2n) is 3.63. The van der Waals surface area contributed by atoms with E-state index in [1.807, 2.05) is 11.8 Å². The van der Waals surface area contributed by atoms with Crippen LogP contribution in [0, 0.1) is 5.92 Å².